The lowest BCUT2D eigenvalue weighted by molar-refractivity contribution is -0.137. The Morgan fingerprint density at radius 3 is 2.50 bits per heavy atom. The molecule has 0 aromatic carbocycles. The molecule has 0 aromatic rings. The van der Waals surface area contributed by atoms with Crippen LogP contribution >= 0.6 is 12.6 Å². The van der Waals surface area contributed by atoms with Crippen LogP contribution in [-0.4, -0.2) is 52.8 Å². The standard InChI is InChI=1S/C12H22N2O3S/c1-9(16)13-11(8-18)12(17)14(6-7-15)10-4-2-3-5-10/h10-11,15,18H,2-8H2,1H3,(H,13,16). The minimum absolute atomic E-state index is 0.0540. The normalized spacial score (nSPS) is 17.5. The van der Waals surface area contributed by atoms with E-state index in [1.165, 1.54) is 6.92 Å². The summed E-state index contributed by atoms with van der Waals surface area (Å²) >= 11 is 4.11. The molecule has 5 nitrogen and oxygen atoms in total. The highest BCUT2D eigenvalue weighted by molar-refractivity contribution is 7.80. The molecule has 0 saturated heterocycles. The molecular weight excluding hydrogens is 252 g/mol. The molecule has 6 heteroatoms. The van der Waals surface area contributed by atoms with Gasteiger partial charge in [0.2, 0.25) is 11.8 Å². The topological polar surface area (TPSA) is 69.6 Å². The maximum atomic E-state index is 12.3. The van der Waals surface area contributed by atoms with Crippen LogP contribution in [0.5, 0.6) is 0 Å². The van der Waals surface area contributed by atoms with Gasteiger partial charge in [-0.2, -0.15) is 12.6 Å². The average Bonchev–Trinajstić information content (AvgIpc) is 2.85. The predicted octanol–water partition coefficient (Wildman–Crippen LogP) is 0.184. The van der Waals surface area contributed by atoms with Gasteiger partial charge in [-0.1, -0.05) is 12.8 Å². The summed E-state index contributed by atoms with van der Waals surface area (Å²) < 4.78 is 0. The third-order valence-corrected chi connectivity index (χ3v) is 3.61. The van der Waals surface area contributed by atoms with Crippen molar-refractivity contribution in [1.29, 1.82) is 0 Å². The Labute approximate surface area is 113 Å². The highest BCUT2D eigenvalue weighted by Gasteiger charge is 2.30. The first-order chi connectivity index (χ1) is 8.60. The van der Waals surface area contributed by atoms with E-state index in [0.717, 1.165) is 25.7 Å². The van der Waals surface area contributed by atoms with E-state index in [4.69, 9.17) is 5.11 Å². The van der Waals surface area contributed by atoms with Gasteiger partial charge in [0.1, 0.15) is 6.04 Å². The van der Waals surface area contributed by atoms with Crippen LogP contribution in [0, 0.1) is 0 Å². The van der Waals surface area contributed by atoms with Crippen LogP contribution in [-0.2, 0) is 9.59 Å². The fourth-order valence-electron chi connectivity index (χ4n) is 2.43. The molecule has 1 saturated carbocycles. The van der Waals surface area contributed by atoms with Gasteiger partial charge in [-0.05, 0) is 12.8 Å². The van der Waals surface area contributed by atoms with Crippen molar-refractivity contribution in [2.75, 3.05) is 18.9 Å². The molecule has 0 radical (unpaired) electrons. The number of aliphatic hydroxyl groups excluding tert-OH is 1. The van der Waals surface area contributed by atoms with Crippen molar-refractivity contribution in [3.05, 3.63) is 0 Å². The number of carbonyl (C=O) groups excluding carboxylic acids is 2. The summed E-state index contributed by atoms with van der Waals surface area (Å²) in [5.41, 5.74) is 0. The highest BCUT2D eigenvalue weighted by Crippen LogP contribution is 2.23. The molecule has 0 aromatic heterocycles. The Kier molecular flexibility index (Phi) is 6.49. The van der Waals surface area contributed by atoms with Crippen molar-refractivity contribution in [1.82, 2.24) is 10.2 Å². The van der Waals surface area contributed by atoms with E-state index < -0.39 is 6.04 Å². The van der Waals surface area contributed by atoms with Gasteiger partial charge in [0.05, 0.1) is 6.61 Å². The Morgan fingerprint density at radius 1 is 1.44 bits per heavy atom. The number of hydrogen-bond donors (Lipinski definition) is 3. The van der Waals surface area contributed by atoms with Crippen molar-refractivity contribution in [3.8, 4) is 0 Å². The molecule has 1 unspecified atom stereocenters. The fourth-order valence-corrected chi connectivity index (χ4v) is 2.67. The predicted molar refractivity (Wildman–Crippen MR) is 72.5 cm³/mol. The molecule has 1 atom stereocenters. The van der Waals surface area contributed by atoms with Crippen LogP contribution in [0.2, 0.25) is 0 Å². The Hall–Kier alpha value is -0.750. The molecule has 2 N–H and O–H groups in total. The van der Waals surface area contributed by atoms with Gasteiger partial charge in [0.25, 0.3) is 0 Å². The van der Waals surface area contributed by atoms with E-state index in [1.54, 1.807) is 4.90 Å². The Bertz CT molecular complexity index is 293. The molecule has 1 rings (SSSR count). The zero-order valence-electron chi connectivity index (χ0n) is 10.8. The minimum atomic E-state index is -0.599. The Morgan fingerprint density at radius 2 is 2.06 bits per heavy atom. The van der Waals surface area contributed by atoms with Crippen molar-refractivity contribution in [2.24, 2.45) is 0 Å². The van der Waals surface area contributed by atoms with Gasteiger partial charge in [-0.25, -0.2) is 0 Å². The lowest BCUT2D eigenvalue weighted by atomic mass is 10.1. The van der Waals surface area contributed by atoms with Crippen molar-refractivity contribution < 1.29 is 14.7 Å². The molecule has 1 fully saturated rings. The van der Waals surface area contributed by atoms with Crippen molar-refractivity contribution in [3.63, 3.8) is 0 Å². The quantitative estimate of drug-likeness (QED) is 0.605. The van der Waals surface area contributed by atoms with Crippen LogP contribution < -0.4 is 5.32 Å². The number of thiol groups is 1. The number of hydrogen-bond acceptors (Lipinski definition) is 4. The molecule has 1 aliphatic carbocycles. The second-order valence-electron chi connectivity index (χ2n) is 4.63. The zero-order valence-corrected chi connectivity index (χ0v) is 11.7. The number of amides is 2. The monoisotopic (exact) mass is 274 g/mol. The lowest BCUT2D eigenvalue weighted by Crippen LogP contribution is -2.52. The number of rotatable bonds is 6. The fraction of sp³-hybridized carbons (Fsp3) is 0.833. The van der Waals surface area contributed by atoms with Crippen molar-refractivity contribution >= 4 is 24.4 Å². The first-order valence-electron chi connectivity index (χ1n) is 6.39. The first-order valence-corrected chi connectivity index (χ1v) is 7.02. The third kappa shape index (κ3) is 4.17. The maximum absolute atomic E-state index is 12.3. The molecular formula is C12H22N2O3S. The van der Waals surface area contributed by atoms with Crippen LogP contribution in [0.1, 0.15) is 32.6 Å². The molecule has 0 bridgehead atoms. The Balaban J connectivity index is 2.69. The average molecular weight is 274 g/mol. The van der Waals surface area contributed by atoms with Crippen molar-refractivity contribution in [2.45, 2.75) is 44.7 Å². The number of nitrogens with one attached hydrogen (secondary N) is 1. The van der Waals surface area contributed by atoms with E-state index in [9.17, 15) is 9.59 Å². The van der Waals surface area contributed by atoms with E-state index in [0.29, 0.717) is 6.54 Å². The van der Waals surface area contributed by atoms with Gasteiger partial charge < -0.3 is 15.3 Å². The highest BCUT2D eigenvalue weighted by atomic mass is 32.1. The second kappa shape index (κ2) is 7.63. The molecule has 18 heavy (non-hydrogen) atoms. The van der Waals surface area contributed by atoms with Crippen LogP contribution in [0.3, 0.4) is 0 Å². The van der Waals surface area contributed by atoms with Gasteiger partial charge in [-0.3, -0.25) is 9.59 Å². The molecule has 104 valence electrons. The lowest BCUT2D eigenvalue weighted by Gasteiger charge is -2.31. The summed E-state index contributed by atoms with van der Waals surface area (Å²) in [6.07, 6.45) is 4.19. The second-order valence-corrected chi connectivity index (χ2v) is 4.99. The van der Waals surface area contributed by atoms with Gasteiger partial charge in [0, 0.05) is 25.3 Å². The summed E-state index contributed by atoms with van der Waals surface area (Å²) in [5.74, 6) is -0.105. The van der Waals surface area contributed by atoms with Gasteiger partial charge in [0.15, 0.2) is 0 Å². The van der Waals surface area contributed by atoms with Crippen LogP contribution in [0.25, 0.3) is 0 Å². The minimum Gasteiger partial charge on any atom is -0.395 e. The summed E-state index contributed by atoms with van der Waals surface area (Å²) in [6, 6.07) is -0.404. The van der Waals surface area contributed by atoms with Crippen LogP contribution in [0.15, 0.2) is 0 Å². The third-order valence-electron chi connectivity index (χ3n) is 3.25. The van der Waals surface area contributed by atoms with Gasteiger partial charge in [-0.15, -0.1) is 0 Å². The maximum Gasteiger partial charge on any atom is 0.246 e. The number of nitrogens with zero attached hydrogens (tertiary/aromatic N) is 1. The van der Waals surface area contributed by atoms with E-state index in [1.807, 2.05) is 0 Å². The largest absolute Gasteiger partial charge is 0.395 e. The van der Waals surface area contributed by atoms with Gasteiger partial charge >= 0.3 is 0 Å². The summed E-state index contributed by atoms with van der Waals surface area (Å²) in [4.78, 5) is 25.1. The molecule has 1 aliphatic rings. The van der Waals surface area contributed by atoms with Crippen LogP contribution in [0.4, 0.5) is 0 Å². The number of aliphatic hydroxyl groups is 1. The molecule has 0 heterocycles. The first kappa shape index (κ1) is 15.3. The van der Waals surface area contributed by atoms with E-state index in [2.05, 4.69) is 17.9 Å². The summed E-state index contributed by atoms with van der Waals surface area (Å²) in [5, 5.41) is 11.7. The van der Waals surface area contributed by atoms with E-state index >= 15 is 0 Å². The van der Waals surface area contributed by atoms with E-state index in [-0.39, 0.29) is 30.2 Å². The summed E-state index contributed by atoms with van der Waals surface area (Å²) in [6.45, 7) is 1.66. The smallest absolute Gasteiger partial charge is 0.246 e. The number of carbonyl (C=O) groups is 2. The molecule has 2 amide bonds. The molecule has 0 aliphatic heterocycles. The summed E-state index contributed by atoms with van der Waals surface area (Å²) in [7, 11) is 0. The zero-order chi connectivity index (χ0) is 13.5. The SMILES string of the molecule is CC(=O)NC(CS)C(=O)N(CCO)C1CCCC1. The molecule has 0 spiro atoms.